The second-order valence-electron chi connectivity index (χ2n) is 2.64. The van der Waals surface area contributed by atoms with Crippen LogP contribution in [0.25, 0.3) is 0 Å². The van der Waals surface area contributed by atoms with E-state index in [4.69, 9.17) is 4.74 Å². The van der Waals surface area contributed by atoms with Crippen molar-refractivity contribution in [2.24, 2.45) is 0 Å². The Balaban J connectivity index is 3.67. The van der Waals surface area contributed by atoms with E-state index in [2.05, 4.69) is 13.2 Å². The van der Waals surface area contributed by atoms with Crippen LogP contribution in [0, 0.1) is 0 Å². The molecule has 0 saturated carbocycles. The van der Waals surface area contributed by atoms with Crippen LogP contribution in [-0.2, 0) is 4.74 Å². The molecule has 0 aromatic carbocycles. The fourth-order valence-electron chi connectivity index (χ4n) is 1.00. The molecule has 0 fully saturated rings. The molecule has 70 valence electrons. The van der Waals surface area contributed by atoms with Gasteiger partial charge in [-0.3, -0.25) is 0 Å². The minimum Gasteiger partial charge on any atom is -0.393 e. The van der Waals surface area contributed by atoms with Crippen LogP contribution in [0.4, 0.5) is 0 Å². The largest absolute Gasteiger partial charge is 0.393 e. The molecule has 0 heterocycles. The molecule has 2 nitrogen and oxygen atoms in total. The molecule has 0 rings (SSSR count). The third kappa shape index (κ3) is 5.10. The Morgan fingerprint density at radius 2 is 2.17 bits per heavy atom. The lowest BCUT2D eigenvalue weighted by Crippen LogP contribution is -2.18. The van der Waals surface area contributed by atoms with Gasteiger partial charge >= 0.3 is 0 Å². The average Bonchev–Trinajstić information content (AvgIpc) is 2.04. The second kappa shape index (κ2) is 7.07. The van der Waals surface area contributed by atoms with Gasteiger partial charge in [-0.15, -0.1) is 13.2 Å². The van der Waals surface area contributed by atoms with Gasteiger partial charge in [0.2, 0.25) is 0 Å². The first-order valence-electron chi connectivity index (χ1n) is 4.27. The van der Waals surface area contributed by atoms with Gasteiger partial charge in [0, 0.05) is 13.0 Å². The van der Waals surface area contributed by atoms with Gasteiger partial charge in [-0.25, -0.2) is 0 Å². The molecule has 2 atom stereocenters. The van der Waals surface area contributed by atoms with Crippen molar-refractivity contribution in [2.75, 3.05) is 6.61 Å². The number of hydrogen-bond acceptors (Lipinski definition) is 2. The summed E-state index contributed by atoms with van der Waals surface area (Å²) in [5, 5.41) is 9.38. The van der Waals surface area contributed by atoms with Crippen LogP contribution in [0.15, 0.2) is 25.3 Å². The van der Waals surface area contributed by atoms with Crippen LogP contribution in [0.5, 0.6) is 0 Å². The molecular formula is C10H18O2. The molecule has 0 aliphatic rings. The van der Waals surface area contributed by atoms with E-state index in [1.54, 1.807) is 12.2 Å². The van der Waals surface area contributed by atoms with Gasteiger partial charge in [0.05, 0.1) is 12.2 Å². The molecule has 0 saturated heterocycles. The Hall–Kier alpha value is -0.600. The number of hydrogen-bond donors (Lipinski definition) is 1. The average molecular weight is 170 g/mol. The zero-order valence-corrected chi connectivity index (χ0v) is 7.70. The summed E-state index contributed by atoms with van der Waals surface area (Å²) in [5.74, 6) is 0. The topological polar surface area (TPSA) is 29.5 Å². The molecular weight excluding hydrogens is 152 g/mol. The van der Waals surface area contributed by atoms with Gasteiger partial charge in [-0.1, -0.05) is 12.2 Å². The lowest BCUT2D eigenvalue weighted by Gasteiger charge is -2.15. The van der Waals surface area contributed by atoms with Crippen molar-refractivity contribution in [3.05, 3.63) is 25.3 Å². The summed E-state index contributed by atoms with van der Waals surface area (Å²) in [6.07, 6.45) is 4.23. The third-order valence-electron chi connectivity index (χ3n) is 1.59. The Labute approximate surface area is 74.6 Å². The lowest BCUT2D eigenvalue weighted by atomic mass is 10.1. The maximum atomic E-state index is 9.38. The summed E-state index contributed by atoms with van der Waals surface area (Å²) in [6.45, 7) is 9.76. The SMILES string of the molecule is C=CCC(O)CC(C=C)OCC. The monoisotopic (exact) mass is 170 g/mol. The predicted octanol–water partition coefficient (Wildman–Crippen LogP) is 1.90. The lowest BCUT2D eigenvalue weighted by molar-refractivity contribution is 0.0484. The number of rotatable bonds is 7. The van der Waals surface area contributed by atoms with Crippen molar-refractivity contribution in [2.45, 2.75) is 32.0 Å². The van der Waals surface area contributed by atoms with Crippen molar-refractivity contribution in [1.29, 1.82) is 0 Å². The zero-order chi connectivity index (χ0) is 9.40. The molecule has 0 spiro atoms. The van der Waals surface area contributed by atoms with E-state index in [9.17, 15) is 5.11 Å². The molecule has 0 aromatic heterocycles. The van der Waals surface area contributed by atoms with Crippen molar-refractivity contribution in [3.63, 3.8) is 0 Å². The zero-order valence-electron chi connectivity index (χ0n) is 7.70. The van der Waals surface area contributed by atoms with Crippen LogP contribution in [0.2, 0.25) is 0 Å². The summed E-state index contributed by atoms with van der Waals surface area (Å²) in [5.41, 5.74) is 0. The van der Waals surface area contributed by atoms with E-state index in [1.165, 1.54) is 0 Å². The summed E-state index contributed by atoms with van der Waals surface area (Å²) < 4.78 is 5.30. The van der Waals surface area contributed by atoms with Crippen LogP contribution in [0.3, 0.4) is 0 Å². The summed E-state index contributed by atoms with van der Waals surface area (Å²) in [6, 6.07) is 0. The van der Waals surface area contributed by atoms with E-state index in [-0.39, 0.29) is 12.2 Å². The second-order valence-corrected chi connectivity index (χ2v) is 2.64. The van der Waals surface area contributed by atoms with Crippen LogP contribution >= 0.6 is 0 Å². The maximum Gasteiger partial charge on any atom is 0.0777 e. The van der Waals surface area contributed by atoms with Gasteiger partial charge in [0.25, 0.3) is 0 Å². The van der Waals surface area contributed by atoms with E-state index in [0.717, 1.165) is 0 Å². The van der Waals surface area contributed by atoms with Crippen LogP contribution in [0.1, 0.15) is 19.8 Å². The van der Waals surface area contributed by atoms with E-state index in [1.807, 2.05) is 6.92 Å². The van der Waals surface area contributed by atoms with Crippen molar-refractivity contribution in [3.8, 4) is 0 Å². The number of aliphatic hydroxyl groups excluding tert-OH is 1. The highest BCUT2D eigenvalue weighted by Gasteiger charge is 2.09. The molecule has 0 bridgehead atoms. The molecule has 0 aliphatic heterocycles. The fourth-order valence-corrected chi connectivity index (χ4v) is 1.00. The van der Waals surface area contributed by atoms with E-state index < -0.39 is 0 Å². The van der Waals surface area contributed by atoms with Gasteiger partial charge < -0.3 is 9.84 Å². The molecule has 2 heteroatoms. The standard InChI is InChI=1S/C10H18O2/c1-4-7-9(11)8-10(5-2)12-6-3/h4-5,9-11H,1-2,6-8H2,3H3. The van der Waals surface area contributed by atoms with E-state index >= 15 is 0 Å². The molecule has 1 N–H and O–H groups in total. The Morgan fingerprint density at radius 3 is 2.58 bits per heavy atom. The predicted molar refractivity (Wildman–Crippen MR) is 51.0 cm³/mol. The van der Waals surface area contributed by atoms with Crippen LogP contribution < -0.4 is 0 Å². The third-order valence-corrected chi connectivity index (χ3v) is 1.59. The minimum absolute atomic E-state index is 0.0371. The highest BCUT2D eigenvalue weighted by Crippen LogP contribution is 2.07. The highest BCUT2D eigenvalue weighted by atomic mass is 16.5. The van der Waals surface area contributed by atoms with Crippen LogP contribution in [-0.4, -0.2) is 23.9 Å². The summed E-state index contributed by atoms with van der Waals surface area (Å²) >= 11 is 0. The summed E-state index contributed by atoms with van der Waals surface area (Å²) in [7, 11) is 0. The highest BCUT2D eigenvalue weighted by molar-refractivity contribution is 4.84. The molecule has 0 aliphatic carbocycles. The Kier molecular flexibility index (Phi) is 6.72. The van der Waals surface area contributed by atoms with E-state index in [0.29, 0.717) is 19.4 Å². The minimum atomic E-state index is -0.364. The Morgan fingerprint density at radius 1 is 1.50 bits per heavy atom. The molecule has 0 radical (unpaired) electrons. The van der Waals surface area contributed by atoms with Crippen molar-refractivity contribution >= 4 is 0 Å². The van der Waals surface area contributed by atoms with Crippen molar-refractivity contribution < 1.29 is 9.84 Å². The molecule has 12 heavy (non-hydrogen) atoms. The number of aliphatic hydroxyl groups is 1. The maximum absolute atomic E-state index is 9.38. The van der Waals surface area contributed by atoms with Gasteiger partial charge in [-0.05, 0) is 13.3 Å². The smallest absolute Gasteiger partial charge is 0.0777 e. The normalized spacial score (nSPS) is 15.2. The number of ether oxygens (including phenoxy) is 1. The Bertz CT molecular complexity index is 132. The van der Waals surface area contributed by atoms with Gasteiger partial charge in [0.15, 0.2) is 0 Å². The first-order valence-corrected chi connectivity index (χ1v) is 4.27. The fraction of sp³-hybridized carbons (Fsp3) is 0.600. The molecule has 2 unspecified atom stereocenters. The van der Waals surface area contributed by atoms with Gasteiger partial charge in [0.1, 0.15) is 0 Å². The quantitative estimate of drug-likeness (QED) is 0.591. The molecule has 0 amide bonds. The first kappa shape index (κ1) is 11.4. The first-order chi connectivity index (χ1) is 5.74. The summed E-state index contributed by atoms with van der Waals surface area (Å²) in [4.78, 5) is 0. The van der Waals surface area contributed by atoms with Gasteiger partial charge in [-0.2, -0.15) is 0 Å². The molecule has 0 aromatic rings. The van der Waals surface area contributed by atoms with Crippen molar-refractivity contribution in [1.82, 2.24) is 0 Å².